The molecule has 10 heteroatoms. The number of nitrogens with one attached hydrogen (secondary N) is 3. The third-order valence-electron chi connectivity index (χ3n) is 3.62. The van der Waals surface area contributed by atoms with Crippen LogP contribution in [-0.4, -0.2) is 54.3 Å². The van der Waals surface area contributed by atoms with Gasteiger partial charge in [0.2, 0.25) is 17.8 Å². The number of pyridine rings is 1. The number of imidazole rings is 1. The normalized spacial score (nSPS) is 10.6. The molecule has 0 aliphatic carbocycles. The summed E-state index contributed by atoms with van der Waals surface area (Å²) >= 11 is 0. The first kappa shape index (κ1) is 18.5. The van der Waals surface area contributed by atoms with Gasteiger partial charge in [-0.2, -0.15) is 15.0 Å². The third kappa shape index (κ3) is 6.19. The van der Waals surface area contributed by atoms with Gasteiger partial charge < -0.3 is 25.6 Å². The first-order chi connectivity index (χ1) is 13.3. The molecule has 0 fully saturated rings. The third-order valence-corrected chi connectivity index (χ3v) is 3.62. The van der Waals surface area contributed by atoms with E-state index in [1.54, 1.807) is 18.7 Å². The minimum absolute atomic E-state index is 0.00392. The van der Waals surface area contributed by atoms with Crippen LogP contribution in [0.25, 0.3) is 0 Å². The van der Waals surface area contributed by atoms with E-state index in [4.69, 9.17) is 5.11 Å². The second-order valence-corrected chi connectivity index (χ2v) is 5.71. The monoisotopic (exact) mass is 369 g/mol. The predicted molar refractivity (Wildman–Crippen MR) is 102 cm³/mol. The number of hydrogen-bond acceptors (Lipinski definition) is 9. The van der Waals surface area contributed by atoms with E-state index < -0.39 is 0 Å². The highest BCUT2D eigenvalue weighted by molar-refractivity contribution is 5.42. The van der Waals surface area contributed by atoms with Gasteiger partial charge in [-0.15, -0.1) is 0 Å². The van der Waals surface area contributed by atoms with Crippen molar-refractivity contribution in [3.63, 3.8) is 0 Å². The van der Waals surface area contributed by atoms with Gasteiger partial charge >= 0.3 is 0 Å². The Hall–Kier alpha value is -3.27. The fourth-order valence-electron chi connectivity index (χ4n) is 2.33. The molecule has 3 heterocycles. The van der Waals surface area contributed by atoms with Crippen LogP contribution in [0.3, 0.4) is 0 Å². The summed E-state index contributed by atoms with van der Waals surface area (Å²) in [5.74, 6) is 1.31. The molecule has 10 nitrogen and oxygen atoms in total. The lowest BCUT2D eigenvalue weighted by Gasteiger charge is -2.11. The molecule has 4 N–H and O–H groups in total. The smallest absolute Gasteiger partial charge is 0.229 e. The zero-order valence-electron chi connectivity index (χ0n) is 14.9. The van der Waals surface area contributed by atoms with Gasteiger partial charge in [-0.3, -0.25) is 4.98 Å². The zero-order chi connectivity index (χ0) is 18.7. The molecular formula is C17H23N9O. The van der Waals surface area contributed by atoms with Crippen LogP contribution in [0.15, 0.2) is 43.1 Å². The van der Waals surface area contributed by atoms with E-state index in [9.17, 15) is 0 Å². The molecule has 3 rings (SSSR count). The summed E-state index contributed by atoms with van der Waals surface area (Å²) in [6.07, 6.45) is 8.13. The molecule has 142 valence electrons. The molecule has 0 unspecified atom stereocenters. The maximum absolute atomic E-state index is 9.00. The number of hydrogen-bond donors (Lipinski definition) is 4. The van der Waals surface area contributed by atoms with Crippen molar-refractivity contribution in [1.29, 1.82) is 0 Å². The molecule has 3 aromatic heterocycles. The molecule has 0 aliphatic heterocycles. The Morgan fingerprint density at radius 3 is 2.37 bits per heavy atom. The summed E-state index contributed by atoms with van der Waals surface area (Å²) in [6, 6.07) is 5.72. The van der Waals surface area contributed by atoms with E-state index in [1.165, 1.54) is 0 Å². The van der Waals surface area contributed by atoms with Crippen LogP contribution in [0.2, 0.25) is 0 Å². The van der Waals surface area contributed by atoms with Crippen LogP contribution >= 0.6 is 0 Å². The Balaban J connectivity index is 1.58. The Labute approximate surface area is 157 Å². The molecule has 0 saturated carbocycles. The summed E-state index contributed by atoms with van der Waals surface area (Å²) in [5, 5.41) is 18.3. The van der Waals surface area contributed by atoms with Crippen LogP contribution in [0.1, 0.15) is 12.1 Å². The highest BCUT2D eigenvalue weighted by Gasteiger charge is 2.06. The van der Waals surface area contributed by atoms with Crippen molar-refractivity contribution >= 4 is 17.8 Å². The van der Waals surface area contributed by atoms with Crippen molar-refractivity contribution < 1.29 is 5.11 Å². The number of aliphatic hydroxyl groups excluding tert-OH is 1. The van der Waals surface area contributed by atoms with Crippen LogP contribution in [0.4, 0.5) is 17.8 Å². The van der Waals surface area contributed by atoms with Crippen LogP contribution < -0.4 is 16.0 Å². The van der Waals surface area contributed by atoms with Crippen molar-refractivity contribution in [2.45, 2.75) is 19.5 Å². The molecule has 0 saturated heterocycles. The molecule has 0 spiro atoms. The average molecular weight is 369 g/mol. The molecule has 3 aromatic rings. The van der Waals surface area contributed by atoms with Crippen molar-refractivity contribution in [3.8, 4) is 0 Å². The van der Waals surface area contributed by atoms with Gasteiger partial charge in [0.05, 0.1) is 25.2 Å². The second kappa shape index (κ2) is 10.0. The molecule has 27 heavy (non-hydrogen) atoms. The lowest BCUT2D eigenvalue weighted by atomic mass is 10.3. The molecule has 0 bridgehead atoms. The predicted octanol–water partition coefficient (Wildman–Crippen LogP) is 0.982. The van der Waals surface area contributed by atoms with E-state index in [0.29, 0.717) is 37.5 Å². The summed E-state index contributed by atoms with van der Waals surface area (Å²) in [7, 11) is 0. The number of aryl methyl sites for hydroxylation is 1. The Bertz CT molecular complexity index is 795. The van der Waals surface area contributed by atoms with Crippen molar-refractivity contribution in [2.75, 3.05) is 35.6 Å². The quantitative estimate of drug-likeness (QED) is 0.366. The van der Waals surface area contributed by atoms with Gasteiger partial charge in [-0.05, 0) is 18.6 Å². The lowest BCUT2D eigenvalue weighted by molar-refractivity contribution is 0.311. The summed E-state index contributed by atoms with van der Waals surface area (Å²) in [5.41, 5.74) is 0.887. The Kier molecular flexibility index (Phi) is 6.87. The summed E-state index contributed by atoms with van der Waals surface area (Å²) in [4.78, 5) is 21.3. The highest BCUT2D eigenvalue weighted by Crippen LogP contribution is 2.10. The molecule has 0 amide bonds. The van der Waals surface area contributed by atoms with Crippen molar-refractivity contribution in [3.05, 3.63) is 48.8 Å². The van der Waals surface area contributed by atoms with Crippen molar-refractivity contribution in [1.82, 2.24) is 29.5 Å². The summed E-state index contributed by atoms with van der Waals surface area (Å²) < 4.78 is 2.02. The number of anilines is 3. The van der Waals surface area contributed by atoms with Crippen LogP contribution in [0.5, 0.6) is 0 Å². The molecule has 0 radical (unpaired) electrons. The lowest BCUT2D eigenvalue weighted by Crippen LogP contribution is -2.15. The second-order valence-electron chi connectivity index (χ2n) is 5.71. The van der Waals surface area contributed by atoms with Gasteiger partial charge in [0.25, 0.3) is 0 Å². The minimum atomic E-state index is -0.00392. The van der Waals surface area contributed by atoms with E-state index in [1.807, 2.05) is 29.0 Å². The minimum Gasteiger partial charge on any atom is -0.395 e. The fourth-order valence-corrected chi connectivity index (χ4v) is 2.33. The van der Waals surface area contributed by atoms with E-state index in [-0.39, 0.29) is 6.61 Å². The molecular weight excluding hydrogens is 346 g/mol. The van der Waals surface area contributed by atoms with E-state index in [2.05, 4.69) is 40.9 Å². The van der Waals surface area contributed by atoms with Gasteiger partial charge in [0.15, 0.2) is 0 Å². The van der Waals surface area contributed by atoms with E-state index >= 15 is 0 Å². The van der Waals surface area contributed by atoms with Crippen LogP contribution in [-0.2, 0) is 13.1 Å². The SMILES string of the molecule is OCCNc1nc(NCCCn2ccnc2)nc(NCc2ccccn2)n1. The van der Waals surface area contributed by atoms with Crippen molar-refractivity contribution in [2.24, 2.45) is 0 Å². The largest absolute Gasteiger partial charge is 0.395 e. The number of aliphatic hydroxyl groups is 1. The van der Waals surface area contributed by atoms with Gasteiger partial charge in [0.1, 0.15) is 0 Å². The number of nitrogens with zero attached hydrogens (tertiary/aromatic N) is 6. The first-order valence-corrected chi connectivity index (χ1v) is 8.77. The van der Waals surface area contributed by atoms with Gasteiger partial charge in [-0.25, -0.2) is 4.98 Å². The van der Waals surface area contributed by atoms with E-state index in [0.717, 1.165) is 18.7 Å². The molecule has 0 aromatic carbocycles. The Morgan fingerprint density at radius 1 is 0.926 bits per heavy atom. The molecule has 0 atom stereocenters. The van der Waals surface area contributed by atoms with Gasteiger partial charge in [0, 0.05) is 38.2 Å². The van der Waals surface area contributed by atoms with Gasteiger partial charge in [-0.1, -0.05) is 6.07 Å². The zero-order valence-corrected chi connectivity index (χ0v) is 14.9. The maximum atomic E-state index is 9.00. The topological polar surface area (TPSA) is 126 Å². The fraction of sp³-hybridized carbons (Fsp3) is 0.353. The molecule has 0 aliphatic rings. The first-order valence-electron chi connectivity index (χ1n) is 8.77. The number of aromatic nitrogens is 6. The standard InChI is InChI=1S/C17H23N9O/c27-11-8-21-16-23-15(20-6-3-9-26-10-7-18-13-26)24-17(25-16)22-12-14-4-1-2-5-19-14/h1-2,4-5,7,10,13,27H,3,6,8-9,11-12H2,(H3,20,21,22,23,24,25). The maximum Gasteiger partial charge on any atom is 0.229 e. The number of rotatable bonds is 11. The highest BCUT2D eigenvalue weighted by atomic mass is 16.3. The summed E-state index contributed by atoms with van der Waals surface area (Å²) in [6.45, 7) is 2.43. The van der Waals surface area contributed by atoms with Crippen LogP contribution in [0, 0.1) is 0 Å². The average Bonchev–Trinajstić information content (AvgIpc) is 3.22. The Morgan fingerprint density at radius 2 is 1.70 bits per heavy atom.